The van der Waals surface area contributed by atoms with E-state index in [2.05, 4.69) is 12.2 Å². The summed E-state index contributed by atoms with van der Waals surface area (Å²) in [7, 11) is 0. The number of carbonyl (C=O) groups is 2. The highest BCUT2D eigenvalue weighted by atomic mass is 16.2. The minimum absolute atomic E-state index is 0.0347. The van der Waals surface area contributed by atoms with Gasteiger partial charge in [0, 0.05) is 6.54 Å². The Morgan fingerprint density at radius 1 is 1.20 bits per heavy atom. The van der Waals surface area contributed by atoms with Gasteiger partial charge in [0.05, 0.1) is 0 Å². The molecule has 0 radical (unpaired) electrons. The summed E-state index contributed by atoms with van der Waals surface area (Å²) in [6, 6.07) is -0.345. The first-order valence-electron chi connectivity index (χ1n) is 7.95. The number of amides is 2. The van der Waals surface area contributed by atoms with Gasteiger partial charge in [0.25, 0.3) is 0 Å². The molecule has 2 aliphatic rings. The molecule has 1 saturated carbocycles. The predicted molar refractivity (Wildman–Crippen MR) is 79.2 cm³/mol. The fourth-order valence-corrected chi connectivity index (χ4v) is 3.72. The van der Waals surface area contributed by atoms with Crippen molar-refractivity contribution in [3.8, 4) is 0 Å². The highest BCUT2D eigenvalue weighted by molar-refractivity contribution is 6.00. The molecule has 0 aromatic carbocycles. The van der Waals surface area contributed by atoms with Crippen molar-refractivity contribution in [3.05, 3.63) is 0 Å². The first kappa shape index (κ1) is 15.3. The number of nitrogens with zero attached hydrogens (tertiary/aromatic N) is 1. The van der Waals surface area contributed by atoms with Gasteiger partial charge in [-0.3, -0.25) is 9.59 Å². The maximum Gasteiger partial charge on any atom is 0.249 e. The molecule has 1 aliphatic carbocycles. The Kier molecular flexibility index (Phi) is 4.12. The normalized spacial score (nSPS) is 26.8. The van der Waals surface area contributed by atoms with Crippen molar-refractivity contribution in [1.29, 1.82) is 0 Å². The zero-order valence-electron chi connectivity index (χ0n) is 13.3. The molecule has 20 heavy (non-hydrogen) atoms. The molecular weight excluding hydrogens is 252 g/mol. The van der Waals surface area contributed by atoms with E-state index in [1.165, 1.54) is 6.42 Å². The fourth-order valence-electron chi connectivity index (χ4n) is 3.72. The highest BCUT2D eigenvalue weighted by Crippen LogP contribution is 2.37. The van der Waals surface area contributed by atoms with Crippen LogP contribution in [0, 0.1) is 5.41 Å². The van der Waals surface area contributed by atoms with Crippen LogP contribution in [0.1, 0.15) is 66.2 Å². The maximum atomic E-state index is 13.0. The minimum Gasteiger partial charge on any atom is -0.340 e. The molecule has 0 bridgehead atoms. The van der Waals surface area contributed by atoms with Crippen molar-refractivity contribution in [3.63, 3.8) is 0 Å². The van der Waals surface area contributed by atoms with E-state index in [1.807, 2.05) is 25.7 Å². The Morgan fingerprint density at radius 3 is 2.30 bits per heavy atom. The molecule has 4 heteroatoms. The molecule has 2 fully saturated rings. The molecule has 1 unspecified atom stereocenters. The van der Waals surface area contributed by atoms with Crippen LogP contribution in [0.5, 0.6) is 0 Å². The predicted octanol–water partition coefficient (Wildman–Crippen LogP) is 2.47. The summed E-state index contributed by atoms with van der Waals surface area (Å²) < 4.78 is 0. The molecule has 2 rings (SSSR count). The molecule has 1 spiro atoms. The summed E-state index contributed by atoms with van der Waals surface area (Å²) >= 11 is 0. The summed E-state index contributed by atoms with van der Waals surface area (Å²) in [4.78, 5) is 27.5. The Hall–Kier alpha value is -1.06. The average molecular weight is 280 g/mol. The van der Waals surface area contributed by atoms with E-state index in [-0.39, 0.29) is 23.3 Å². The molecule has 114 valence electrons. The van der Waals surface area contributed by atoms with E-state index in [0.29, 0.717) is 6.54 Å². The SMILES string of the molecule is CCCN1C(=O)C2(CCCCC2)NC(=O)C1C(C)(C)C. The smallest absolute Gasteiger partial charge is 0.249 e. The van der Waals surface area contributed by atoms with Crippen LogP contribution in [0.3, 0.4) is 0 Å². The minimum atomic E-state index is -0.605. The third kappa shape index (κ3) is 2.57. The topological polar surface area (TPSA) is 49.4 Å². The second kappa shape index (κ2) is 5.38. The largest absolute Gasteiger partial charge is 0.340 e. The van der Waals surface area contributed by atoms with Gasteiger partial charge in [0.15, 0.2) is 0 Å². The van der Waals surface area contributed by atoms with Gasteiger partial charge >= 0.3 is 0 Å². The average Bonchev–Trinajstić information content (AvgIpc) is 2.35. The lowest BCUT2D eigenvalue weighted by Crippen LogP contribution is -2.73. The number of hydrogen-bond acceptors (Lipinski definition) is 2. The van der Waals surface area contributed by atoms with Crippen LogP contribution in [0.4, 0.5) is 0 Å². The Bertz CT molecular complexity index is 392. The molecule has 1 aliphatic heterocycles. The molecule has 1 atom stereocenters. The molecule has 1 N–H and O–H groups in total. The number of hydrogen-bond donors (Lipinski definition) is 1. The summed E-state index contributed by atoms with van der Waals surface area (Å²) in [5.41, 5.74) is -0.836. The van der Waals surface area contributed by atoms with Crippen LogP contribution >= 0.6 is 0 Å². The van der Waals surface area contributed by atoms with Crippen molar-refractivity contribution >= 4 is 11.8 Å². The van der Waals surface area contributed by atoms with Crippen LogP contribution in [0.25, 0.3) is 0 Å². The van der Waals surface area contributed by atoms with E-state index >= 15 is 0 Å². The van der Waals surface area contributed by atoms with Crippen molar-refractivity contribution in [2.24, 2.45) is 5.41 Å². The van der Waals surface area contributed by atoms with Gasteiger partial charge in [-0.1, -0.05) is 47.0 Å². The molecule has 2 amide bonds. The summed E-state index contributed by atoms with van der Waals surface area (Å²) in [6.45, 7) is 8.84. The van der Waals surface area contributed by atoms with Crippen molar-refractivity contribution in [1.82, 2.24) is 10.2 Å². The fraction of sp³-hybridized carbons (Fsp3) is 0.875. The Morgan fingerprint density at radius 2 is 1.80 bits per heavy atom. The Balaban J connectivity index is 2.33. The summed E-state index contributed by atoms with van der Waals surface area (Å²) in [6.07, 6.45) is 5.73. The van der Waals surface area contributed by atoms with Gasteiger partial charge < -0.3 is 10.2 Å². The van der Waals surface area contributed by atoms with Gasteiger partial charge in [-0.25, -0.2) is 0 Å². The lowest BCUT2D eigenvalue weighted by atomic mass is 9.75. The van der Waals surface area contributed by atoms with E-state index in [1.54, 1.807) is 0 Å². The van der Waals surface area contributed by atoms with E-state index in [4.69, 9.17) is 0 Å². The van der Waals surface area contributed by atoms with Gasteiger partial charge in [-0.15, -0.1) is 0 Å². The summed E-state index contributed by atoms with van der Waals surface area (Å²) in [5, 5.41) is 3.10. The van der Waals surface area contributed by atoms with Crippen molar-refractivity contribution in [2.75, 3.05) is 6.54 Å². The lowest BCUT2D eigenvalue weighted by Gasteiger charge is -2.51. The molecule has 0 aromatic rings. The first-order valence-corrected chi connectivity index (χ1v) is 7.95. The van der Waals surface area contributed by atoms with Gasteiger partial charge in [0.2, 0.25) is 11.8 Å². The van der Waals surface area contributed by atoms with E-state index in [0.717, 1.165) is 32.1 Å². The highest BCUT2D eigenvalue weighted by Gasteiger charge is 2.53. The van der Waals surface area contributed by atoms with E-state index in [9.17, 15) is 9.59 Å². The number of piperazine rings is 1. The molecule has 4 nitrogen and oxygen atoms in total. The molecule has 1 heterocycles. The van der Waals surface area contributed by atoms with Gasteiger partial charge in [-0.05, 0) is 24.7 Å². The second-order valence-corrected chi connectivity index (χ2v) is 7.40. The molecule has 0 aromatic heterocycles. The molecular formula is C16H28N2O2. The van der Waals surface area contributed by atoms with Crippen molar-refractivity contribution in [2.45, 2.75) is 77.8 Å². The standard InChI is InChI=1S/C16H28N2O2/c1-5-11-18-12(15(2,3)4)13(19)17-16(14(18)20)9-7-6-8-10-16/h12H,5-11H2,1-4H3,(H,17,19). The first-order chi connectivity index (χ1) is 9.32. The van der Waals surface area contributed by atoms with Crippen LogP contribution in [-0.2, 0) is 9.59 Å². The third-order valence-corrected chi connectivity index (χ3v) is 4.58. The lowest BCUT2D eigenvalue weighted by molar-refractivity contribution is -0.161. The Labute approximate surface area is 122 Å². The quantitative estimate of drug-likeness (QED) is 0.844. The van der Waals surface area contributed by atoms with Crippen LogP contribution < -0.4 is 5.32 Å². The van der Waals surface area contributed by atoms with Gasteiger partial charge in [-0.2, -0.15) is 0 Å². The zero-order valence-corrected chi connectivity index (χ0v) is 13.3. The van der Waals surface area contributed by atoms with Gasteiger partial charge in [0.1, 0.15) is 11.6 Å². The van der Waals surface area contributed by atoms with Crippen LogP contribution in [0.2, 0.25) is 0 Å². The van der Waals surface area contributed by atoms with E-state index < -0.39 is 5.54 Å². The monoisotopic (exact) mass is 280 g/mol. The maximum absolute atomic E-state index is 13.0. The van der Waals surface area contributed by atoms with Crippen LogP contribution in [-0.4, -0.2) is 34.8 Å². The third-order valence-electron chi connectivity index (χ3n) is 4.58. The second-order valence-electron chi connectivity index (χ2n) is 7.40. The number of nitrogens with one attached hydrogen (secondary N) is 1. The molecule has 1 saturated heterocycles. The van der Waals surface area contributed by atoms with Crippen LogP contribution in [0.15, 0.2) is 0 Å². The van der Waals surface area contributed by atoms with Crippen molar-refractivity contribution < 1.29 is 9.59 Å². The zero-order chi connectivity index (χ0) is 15.0. The number of carbonyl (C=O) groups excluding carboxylic acids is 2. The number of rotatable bonds is 2. The summed E-state index contributed by atoms with van der Waals surface area (Å²) in [5.74, 6) is 0.186.